The standard InChI is InChI=1S/C9H11FN2O3S/c1-16(14,15)12-8-3-2-6(4-7(8)10)5-9(11)13/h2-4,12H,5H2,1H3,(H2,11,13). The van der Waals surface area contributed by atoms with Crippen LogP contribution >= 0.6 is 0 Å². The number of carbonyl (C=O) groups is 1. The summed E-state index contributed by atoms with van der Waals surface area (Å²) in [4.78, 5) is 10.6. The van der Waals surface area contributed by atoms with Crippen LogP contribution in [0.15, 0.2) is 18.2 Å². The smallest absolute Gasteiger partial charge is 0.229 e. The highest BCUT2D eigenvalue weighted by molar-refractivity contribution is 7.92. The zero-order valence-electron chi connectivity index (χ0n) is 8.53. The van der Waals surface area contributed by atoms with Gasteiger partial charge in [-0.05, 0) is 17.7 Å². The molecule has 7 heteroatoms. The molecule has 0 unspecified atom stereocenters. The molecule has 0 bridgehead atoms. The van der Waals surface area contributed by atoms with Crippen LogP contribution < -0.4 is 10.5 Å². The van der Waals surface area contributed by atoms with Gasteiger partial charge >= 0.3 is 0 Å². The molecule has 88 valence electrons. The number of amides is 1. The summed E-state index contributed by atoms with van der Waals surface area (Å²) in [6.45, 7) is 0. The maximum atomic E-state index is 13.4. The van der Waals surface area contributed by atoms with E-state index >= 15 is 0 Å². The van der Waals surface area contributed by atoms with E-state index < -0.39 is 21.7 Å². The van der Waals surface area contributed by atoms with Gasteiger partial charge in [0.15, 0.2) is 0 Å². The predicted octanol–water partition coefficient (Wildman–Crippen LogP) is 0.225. The number of hydrogen-bond donors (Lipinski definition) is 2. The van der Waals surface area contributed by atoms with Crippen molar-refractivity contribution in [2.75, 3.05) is 11.0 Å². The lowest BCUT2D eigenvalue weighted by Gasteiger charge is -2.06. The molecule has 0 heterocycles. The van der Waals surface area contributed by atoms with Crippen LogP contribution in [0.5, 0.6) is 0 Å². The Morgan fingerprint density at radius 2 is 2.12 bits per heavy atom. The summed E-state index contributed by atoms with van der Waals surface area (Å²) in [5, 5.41) is 0. The monoisotopic (exact) mass is 246 g/mol. The van der Waals surface area contributed by atoms with E-state index in [1.54, 1.807) is 0 Å². The average Bonchev–Trinajstić information content (AvgIpc) is 2.06. The third kappa shape index (κ3) is 3.85. The summed E-state index contributed by atoms with van der Waals surface area (Å²) < 4.78 is 37.1. The van der Waals surface area contributed by atoms with E-state index in [4.69, 9.17) is 5.73 Å². The molecule has 5 nitrogen and oxygen atoms in total. The number of halogens is 1. The Balaban J connectivity index is 2.96. The minimum absolute atomic E-state index is 0.0872. The number of rotatable bonds is 4. The summed E-state index contributed by atoms with van der Waals surface area (Å²) >= 11 is 0. The summed E-state index contributed by atoms with van der Waals surface area (Å²) in [5.41, 5.74) is 5.18. The molecule has 0 aromatic heterocycles. The van der Waals surface area contributed by atoms with Crippen LogP contribution in [0.4, 0.5) is 10.1 Å². The van der Waals surface area contributed by atoms with Gasteiger partial charge in [0, 0.05) is 0 Å². The van der Waals surface area contributed by atoms with Crippen molar-refractivity contribution in [3.05, 3.63) is 29.6 Å². The minimum Gasteiger partial charge on any atom is -0.369 e. The Bertz CT molecular complexity index is 513. The highest BCUT2D eigenvalue weighted by Gasteiger charge is 2.09. The van der Waals surface area contributed by atoms with Gasteiger partial charge in [0.25, 0.3) is 0 Å². The molecule has 0 saturated heterocycles. The van der Waals surface area contributed by atoms with E-state index in [9.17, 15) is 17.6 Å². The van der Waals surface area contributed by atoms with Crippen molar-refractivity contribution < 1.29 is 17.6 Å². The van der Waals surface area contributed by atoms with E-state index in [2.05, 4.69) is 0 Å². The van der Waals surface area contributed by atoms with Crippen molar-refractivity contribution in [3.63, 3.8) is 0 Å². The second-order valence-electron chi connectivity index (χ2n) is 3.33. The predicted molar refractivity (Wildman–Crippen MR) is 57.8 cm³/mol. The fourth-order valence-corrected chi connectivity index (χ4v) is 1.72. The first-order valence-electron chi connectivity index (χ1n) is 4.32. The van der Waals surface area contributed by atoms with Crippen molar-refractivity contribution in [1.29, 1.82) is 0 Å². The highest BCUT2D eigenvalue weighted by atomic mass is 32.2. The van der Waals surface area contributed by atoms with E-state index in [0.29, 0.717) is 5.56 Å². The molecule has 3 N–H and O–H groups in total. The van der Waals surface area contributed by atoms with Gasteiger partial charge in [-0.1, -0.05) is 6.07 Å². The van der Waals surface area contributed by atoms with E-state index in [1.807, 2.05) is 4.72 Å². The van der Waals surface area contributed by atoms with Crippen molar-refractivity contribution in [3.8, 4) is 0 Å². The molecular weight excluding hydrogens is 235 g/mol. The van der Waals surface area contributed by atoms with Crippen molar-refractivity contribution >= 4 is 21.6 Å². The minimum atomic E-state index is -3.52. The fourth-order valence-electron chi connectivity index (χ4n) is 1.15. The molecule has 0 spiro atoms. The topological polar surface area (TPSA) is 89.3 Å². The zero-order valence-corrected chi connectivity index (χ0v) is 9.34. The first-order chi connectivity index (χ1) is 7.28. The van der Waals surface area contributed by atoms with Crippen LogP contribution in [0.3, 0.4) is 0 Å². The van der Waals surface area contributed by atoms with Gasteiger partial charge in [-0.25, -0.2) is 12.8 Å². The Hall–Kier alpha value is -1.63. The third-order valence-corrected chi connectivity index (χ3v) is 2.30. The SMILES string of the molecule is CS(=O)(=O)Nc1ccc(CC(N)=O)cc1F. The molecule has 0 aliphatic rings. The second-order valence-corrected chi connectivity index (χ2v) is 5.08. The molecule has 1 rings (SSSR count). The summed E-state index contributed by atoms with van der Waals surface area (Å²) in [7, 11) is -3.52. The molecule has 0 saturated carbocycles. The Kier molecular flexibility index (Phi) is 3.48. The van der Waals surface area contributed by atoms with Crippen LogP contribution in [0.2, 0.25) is 0 Å². The molecule has 1 aromatic carbocycles. The van der Waals surface area contributed by atoms with Crippen LogP contribution in [-0.4, -0.2) is 20.6 Å². The number of nitrogens with one attached hydrogen (secondary N) is 1. The lowest BCUT2D eigenvalue weighted by molar-refractivity contribution is -0.117. The summed E-state index contributed by atoms with van der Waals surface area (Å²) in [6.07, 6.45) is 0.833. The largest absolute Gasteiger partial charge is 0.369 e. The normalized spacial score (nSPS) is 11.1. The number of primary amides is 1. The van der Waals surface area contributed by atoms with Crippen molar-refractivity contribution in [1.82, 2.24) is 0 Å². The quantitative estimate of drug-likeness (QED) is 0.796. The van der Waals surface area contributed by atoms with E-state index in [0.717, 1.165) is 12.3 Å². The highest BCUT2D eigenvalue weighted by Crippen LogP contribution is 2.16. The molecule has 16 heavy (non-hydrogen) atoms. The average molecular weight is 246 g/mol. The Morgan fingerprint density at radius 3 is 2.56 bits per heavy atom. The van der Waals surface area contributed by atoms with Crippen LogP contribution in [-0.2, 0) is 21.2 Å². The lowest BCUT2D eigenvalue weighted by atomic mass is 10.1. The maximum absolute atomic E-state index is 13.4. The Labute approximate surface area is 92.5 Å². The molecular formula is C9H11FN2O3S. The first-order valence-corrected chi connectivity index (χ1v) is 6.21. The second kappa shape index (κ2) is 4.48. The molecule has 0 radical (unpaired) electrons. The van der Waals surface area contributed by atoms with Gasteiger partial charge in [0.2, 0.25) is 15.9 Å². The molecule has 0 aliphatic heterocycles. The van der Waals surface area contributed by atoms with Crippen LogP contribution in [0, 0.1) is 5.82 Å². The molecule has 0 aliphatic carbocycles. The number of anilines is 1. The molecule has 1 amide bonds. The first kappa shape index (κ1) is 12.4. The van der Waals surface area contributed by atoms with Crippen LogP contribution in [0.25, 0.3) is 0 Å². The number of benzene rings is 1. The molecule has 0 atom stereocenters. The Morgan fingerprint density at radius 1 is 1.50 bits per heavy atom. The van der Waals surface area contributed by atoms with Gasteiger partial charge in [0.05, 0.1) is 18.4 Å². The third-order valence-electron chi connectivity index (χ3n) is 1.71. The maximum Gasteiger partial charge on any atom is 0.229 e. The number of nitrogens with two attached hydrogens (primary N) is 1. The van der Waals surface area contributed by atoms with Gasteiger partial charge in [-0.2, -0.15) is 0 Å². The van der Waals surface area contributed by atoms with Gasteiger partial charge < -0.3 is 5.73 Å². The number of hydrogen-bond acceptors (Lipinski definition) is 3. The van der Waals surface area contributed by atoms with Gasteiger partial charge in [-0.3, -0.25) is 9.52 Å². The van der Waals surface area contributed by atoms with Crippen LogP contribution in [0.1, 0.15) is 5.56 Å². The van der Waals surface area contributed by atoms with E-state index in [-0.39, 0.29) is 12.1 Å². The van der Waals surface area contributed by atoms with Gasteiger partial charge in [0.1, 0.15) is 5.82 Å². The van der Waals surface area contributed by atoms with Crippen molar-refractivity contribution in [2.24, 2.45) is 5.73 Å². The zero-order chi connectivity index (χ0) is 12.3. The number of carbonyl (C=O) groups excluding carboxylic acids is 1. The van der Waals surface area contributed by atoms with Crippen molar-refractivity contribution in [2.45, 2.75) is 6.42 Å². The molecule has 0 fully saturated rings. The van der Waals surface area contributed by atoms with E-state index in [1.165, 1.54) is 12.1 Å². The number of sulfonamides is 1. The fraction of sp³-hybridized carbons (Fsp3) is 0.222. The lowest BCUT2D eigenvalue weighted by Crippen LogP contribution is -2.14. The summed E-state index contributed by atoms with van der Waals surface area (Å²) in [6, 6.07) is 3.74. The van der Waals surface area contributed by atoms with Gasteiger partial charge in [-0.15, -0.1) is 0 Å². The molecule has 1 aromatic rings. The summed E-state index contributed by atoms with van der Waals surface area (Å²) in [5.74, 6) is -1.33.